The fraction of sp³-hybridized carbons (Fsp3) is 1.00. The van der Waals surface area contributed by atoms with Crippen LogP contribution in [-0.2, 0) is 0 Å². The van der Waals surface area contributed by atoms with Gasteiger partial charge in [0.25, 0.3) is 0 Å². The Hall–Kier alpha value is -0.140. The third-order valence-electron chi connectivity index (χ3n) is 2.64. The molecule has 0 amide bonds. The quantitative estimate of drug-likeness (QED) is 0.474. The van der Waals surface area contributed by atoms with E-state index in [4.69, 9.17) is 0 Å². The molecular formula is C7H10F2. The molecule has 2 heteroatoms. The summed E-state index contributed by atoms with van der Waals surface area (Å²) in [6.07, 6.45) is 2.04. The van der Waals surface area contributed by atoms with Crippen LogP contribution in [0.5, 0.6) is 0 Å². The first kappa shape index (κ1) is 5.63. The molecule has 2 saturated carbocycles. The highest BCUT2D eigenvalue weighted by Crippen LogP contribution is 2.58. The minimum Gasteiger partial charge on any atom is -0.244 e. The Morgan fingerprint density at radius 3 is 2.56 bits per heavy atom. The molecule has 0 heterocycles. The van der Waals surface area contributed by atoms with E-state index in [0.717, 1.165) is 19.3 Å². The van der Waals surface area contributed by atoms with E-state index in [1.807, 2.05) is 0 Å². The van der Waals surface area contributed by atoms with Gasteiger partial charge in [-0.2, -0.15) is 0 Å². The predicted molar refractivity (Wildman–Crippen MR) is 30.7 cm³/mol. The van der Waals surface area contributed by atoms with Gasteiger partial charge in [0.15, 0.2) is 0 Å². The second-order valence-electron chi connectivity index (χ2n) is 3.18. The maximum atomic E-state index is 13.0. The van der Waals surface area contributed by atoms with Gasteiger partial charge in [-0.3, -0.25) is 0 Å². The van der Waals surface area contributed by atoms with Crippen LogP contribution < -0.4 is 0 Å². The van der Waals surface area contributed by atoms with Crippen LogP contribution in [0.2, 0.25) is 0 Å². The lowest BCUT2D eigenvalue weighted by atomic mass is 9.99. The summed E-state index contributed by atoms with van der Waals surface area (Å²) in [6, 6.07) is 0. The molecule has 0 radical (unpaired) electrons. The topological polar surface area (TPSA) is 0 Å². The normalized spacial score (nSPS) is 56.7. The summed E-state index contributed by atoms with van der Waals surface area (Å²) < 4.78 is 25.5. The third kappa shape index (κ3) is 0.565. The SMILES string of the molecule is F[C@@H]1[C@H]2CCCC[C@]12F. The molecular weight excluding hydrogens is 122 g/mol. The minimum atomic E-state index is -1.36. The summed E-state index contributed by atoms with van der Waals surface area (Å²) in [5.74, 6) is -0.216. The highest BCUT2D eigenvalue weighted by molar-refractivity contribution is 5.15. The first-order valence-electron chi connectivity index (χ1n) is 3.58. The number of alkyl halides is 2. The van der Waals surface area contributed by atoms with Crippen molar-refractivity contribution in [1.29, 1.82) is 0 Å². The van der Waals surface area contributed by atoms with Crippen LogP contribution in [0.3, 0.4) is 0 Å². The molecule has 2 fully saturated rings. The molecule has 0 spiro atoms. The van der Waals surface area contributed by atoms with Crippen molar-refractivity contribution in [3.63, 3.8) is 0 Å². The smallest absolute Gasteiger partial charge is 0.148 e. The third-order valence-corrected chi connectivity index (χ3v) is 2.64. The van der Waals surface area contributed by atoms with Crippen LogP contribution in [0.25, 0.3) is 0 Å². The Kier molecular flexibility index (Phi) is 0.920. The van der Waals surface area contributed by atoms with Gasteiger partial charge in [-0.1, -0.05) is 12.8 Å². The molecule has 0 bridgehead atoms. The van der Waals surface area contributed by atoms with Crippen molar-refractivity contribution < 1.29 is 8.78 Å². The fourth-order valence-corrected chi connectivity index (χ4v) is 1.91. The lowest BCUT2D eigenvalue weighted by molar-refractivity contribution is 0.203. The van der Waals surface area contributed by atoms with E-state index in [0.29, 0.717) is 6.42 Å². The lowest BCUT2D eigenvalue weighted by Gasteiger charge is -2.10. The number of halogens is 2. The Bertz CT molecular complexity index is 135. The molecule has 9 heavy (non-hydrogen) atoms. The monoisotopic (exact) mass is 132 g/mol. The molecule has 2 aliphatic rings. The van der Waals surface area contributed by atoms with Gasteiger partial charge in [0.05, 0.1) is 0 Å². The molecule has 0 saturated heterocycles. The zero-order chi connectivity index (χ0) is 6.48. The molecule has 0 unspecified atom stereocenters. The molecule has 0 N–H and O–H groups in total. The highest BCUT2D eigenvalue weighted by atomic mass is 19.2. The summed E-state index contributed by atoms with van der Waals surface area (Å²) in [5.41, 5.74) is -1.36. The Morgan fingerprint density at radius 1 is 1.33 bits per heavy atom. The average molecular weight is 132 g/mol. The maximum Gasteiger partial charge on any atom is 0.148 e. The zero-order valence-electron chi connectivity index (χ0n) is 5.24. The van der Waals surface area contributed by atoms with Crippen LogP contribution in [0.4, 0.5) is 8.78 Å². The Labute approximate surface area is 53.2 Å². The molecule has 3 atom stereocenters. The van der Waals surface area contributed by atoms with Crippen molar-refractivity contribution in [3.05, 3.63) is 0 Å². The van der Waals surface area contributed by atoms with Gasteiger partial charge in [0.1, 0.15) is 11.8 Å². The van der Waals surface area contributed by atoms with Gasteiger partial charge < -0.3 is 0 Å². The second-order valence-corrected chi connectivity index (χ2v) is 3.18. The highest BCUT2D eigenvalue weighted by Gasteiger charge is 2.67. The van der Waals surface area contributed by atoms with Crippen LogP contribution >= 0.6 is 0 Å². The summed E-state index contributed by atoms with van der Waals surface area (Å²) in [7, 11) is 0. The van der Waals surface area contributed by atoms with Crippen molar-refractivity contribution in [1.82, 2.24) is 0 Å². The van der Waals surface area contributed by atoms with Gasteiger partial charge in [0.2, 0.25) is 0 Å². The van der Waals surface area contributed by atoms with Gasteiger partial charge in [-0.25, -0.2) is 8.78 Å². The maximum absolute atomic E-state index is 13.0. The van der Waals surface area contributed by atoms with E-state index < -0.39 is 11.8 Å². The number of fused-ring (bicyclic) bond motifs is 1. The van der Waals surface area contributed by atoms with Gasteiger partial charge in [-0.15, -0.1) is 0 Å². The van der Waals surface area contributed by atoms with Crippen LogP contribution in [-0.4, -0.2) is 11.8 Å². The largest absolute Gasteiger partial charge is 0.244 e. The first-order valence-corrected chi connectivity index (χ1v) is 3.58. The van der Waals surface area contributed by atoms with E-state index >= 15 is 0 Å². The summed E-state index contributed by atoms with van der Waals surface area (Å²) in [4.78, 5) is 0. The molecule has 2 rings (SSSR count). The fourth-order valence-electron chi connectivity index (χ4n) is 1.91. The lowest BCUT2D eigenvalue weighted by Crippen LogP contribution is -2.09. The molecule has 0 aromatic rings. The summed E-state index contributed by atoms with van der Waals surface area (Å²) in [6.45, 7) is 0. The van der Waals surface area contributed by atoms with E-state index in [-0.39, 0.29) is 5.92 Å². The number of hydrogen-bond donors (Lipinski definition) is 0. The van der Waals surface area contributed by atoms with Crippen LogP contribution in [0.15, 0.2) is 0 Å². The van der Waals surface area contributed by atoms with E-state index in [2.05, 4.69) is 0 Å². The molecule has 52 valence electrons. The average Bonchev–Trinajstić information content (AvgIpc) is 2.38. The number of hydrogen-bond acceptors (Lipinski definition) is 0. The molecule has 0 nitrogen and oxygen atoms in total. The van der Waals surface area contributed by atoms with E-state index in [1.54, 1.807) is 0 Å². The van der Waals surface area contributed by atoms with Crippen LogP contribution in [0.1, 0.15) is 25.7 Å². The standard InChI is InChI=1S/C7H10F2/c8-6-5-3-1-2-4-7(5,6)9/h5-6H,1-4H2/t5-,6-,7-/m1/s1. The predicted octanol–water partition coefficient (Wildman–Crippen LogP) is 2.24. The minimum absolute atomic E-state index is 0.216. The summed E-state index contributed by atoms with van der Waals surface area (Å²) in [5, 5.41) is 0. The molecule has 0 aromatic carbocycles. The van der Waals surface area contributed by atoms with E-state index in [1.165, 1.54) is 0 Å². The molecule has 2 aliphatic carbocycles. The van der Waals surface area contributed by atoms with Gasteiger partial charge in [-0.05, 0) is 12.8 Å². The molecule has 0 aromatic heterocycles. The molecule has 0 aliphatic heterocycles. The summed E-state index contributed by atoms with van der Waals surface area (Å²) >= 11 is 0. The van der Waals surface area contributed by atoms with Crippen LogP contribution in [0, 0.1) is 5.92 Å². The Balaban J connectivity index is 2.10. The second kappa shape index (κ2) is 1.47. The van der Waals surface area contributed by atoms with Crippen molar-refractivity contribution in [2.45, 2.75) is 37.5 Å². The van der Waals surface area contributed by atoms with Crippen molar-refractivity contribution in [2.75, 3.05) is 0 Å². The van der Waals surface area contributed by atoms with E-state index in [9.17, 15) is 8.78 Å². The van der Waals surface area contributed by atoms with Gasteiger partial charge >= 0.3 is 0 Å². The number of rotatable bonds is 0. The van der Waals surface area contributed by atoms with Gasteiger partial charge in [0, 0.05) is 5.92 Å². The zero-order valence-corrected chi connectivity index (χ0v) is 5.24. The van der Waals surface area contributed by atoms with Crippen molar-refractivity contribution in [3.8, 4) is 0 Å². The first-order chi connectivity index (χ1) is 4.25. The Morgan fingerprint density at radius 2 is 2.11 bits per heavy atom. The van der Waals surface area contributed by atoms with Crippen molar-refractivity contribution in [2.24, 2.45) is 5.92 Å². The van der Waals surface area contributed by atoms with Crippen molar-refractivity contribution >= 4 is 0 Å².